The van der Waals surface area contributed by atoms with Gasteiger partial charge < -0.3 is 5.32 Å². The summed E-state index contributed by atoms with van der Waals surface area (Å²) in [6.07, 6.45) is 8.55. The Morgan fingerprint density at radius 2 is 1.75 bits per heavy atom. The Labute approximate surface area is 118 Å². The summed E-state index contributed by atoms with van der Waals surface area (Å²) in [5, 5.41) is 5.95. The van der Waals surface area contributed by atoms with Crippen LogP contribution in [0.1, 0.15) is 11.1 Å². The molecular weight excluding hydrogens is 246 g/mol. The second-order valence-corrected chi connectivity index (χ2v) is 4.80. The van der Waals surface area contributed by atoms with Crippen LogP contribution in [0.3, 0.4) is 0 Å². The van der Waals surface area contributed by atoms with Crippen LogP contribution in [0.15, 0.2) is 61.2 Å². The van der Waals surface area contributed by atoms with E-state index in [0.29, 0.717) is 0 Å². The predicted octanol–water partition coefficient (Wildman–Crippen LogP) is 2.96. The molecule has 2 aromatic heterocycles. The maximum atomic E-state index is 4.30. The van der Waals surface area contributed by atoms with Crippen molar-refractivity contribution in [3.63, 3.8) is 0 Å². The Kier molecular flexibility index (Phi) is 3.99. The standard InChI is InChI=1S/C17H17N3/c1-2-4-17-15(3-1)11-20-13-16(17)12-19-10-7-14-5-8-18-9-6-14/h1-6,8-9,11,13,19H,7,10,12H2. The van der Waals surface area contributed by atoms with Gasteiger partial charge in [0.25, 0.3) is 0 Å². The van der Waals surface area contributed by atoms with Crippen molar-refractivity contribution in [3.05, 3.63) is 72.3 Å². The molecule has 0 fully saturated rings. The van der Waals surface area contributed by atoms with Crippen LogP contribution < -0.4 is 5.32 Å². The Morgan fingerprint density at radius 1 is 0.900 bits per heavy atom. The van der Waals surface area contributed by atoms with Crippen molar-refractivity contribution in [1.29, 1.82) is 0 Å². The van der Waals surface area contributed by atoms with Gasteiger partial charge in [-0.1, -0.05) is 24.3 Å². The molecule has 1 aromatic carbocycles. The number of hydrogen-bond acceptors (Lipinski definition) is 3. The predicted molar refractivity (Wildman–Crippen MR) is 81.4 cm³/mol. The van der Waals surface area contributed by atoms with Crippen LogP contribution in [0.25, 0.3) is 10.8 Å². The first kappa shape index (κ1) is 12.8. The first-order chi connectivity index (χ1) is 9.93. The molecule has 0 unspecified atom stereocenters. The van der Waals surface area contributed by atoms with Crippen LogP contribution in [-0.2, 0) is 13.0 Å². The van der Waals surface area contributed by atoms with E-state index in [-0.39, 0.29) is 0 Å². The van der Waals surface area contributed by atoms with Crippen LogP contribution in [-0.4, -0.2) is 16.5 Å². The minimum Gasteiger partial charge on any atom is -0.312 e. The lowest BCUT2D eigenvalue weighted by Crippen LogP contribution is -2.17. The Morgan fingerprint density at radius 3 is 2.65 bits per heavy atom. The highest BCUT2D eigenvalue weighted by Crippen LogP contribution is 2.16. The maximum absolute atomic E-state index is 4.30. The summed E-state index contributed by atoms with van der Waals surface area (Å²) < 4.78 is 0. The van der Waals surface area contributed by atoms with Crippen molar-refractivity contribution in [2.24, 2.45) is 0 Å². The molecule has 3 nitrogen and oxygen atoms in total. The smallest absolute Gasteiger partial charge is 0.0346 e. The van der Waals surface area contributed by atoms with E-state index in [1.54, 1.807) is 0 Å². The summed E-state index contributed by atoms with van der Waals surface area (Å²) in [7, 11) is 0. The van der Waals surface area contributed by atoms with Gasteiger partial charge in [-0.25, -0.2) is 0 Å². The first-order valence-electron chi connectivity index (χ1n) is 6.85. The molecule has 1 N–H and O–H groups in total. The summed E-state index contributed by atoms with van der Waals surface area (Å²) in [4.78, 5) is 8.33. The fourth-order valence-electron chi connectivity index (χ4n) is 2.33. The molecule has 0 bridgehead atoms. The van der Waals surface area contributed by atoms with Gasteiger partial charge in [-0.3, -0.25) is 9.97 Å². The molecule has 3 heteroatoms. The number of nitrogens with zero attached hydrogens (tertiary/aromatic N) is 2. The highest BCUT2D eigenvalue weighted by atomic mass is 14.8. The summed E-state index contributed by atoms with van der Waals surface area (Å²) in [5.74, 6) is 0. The minimum atomic E-state index is 0.847. The molecule has 0 aliphatic carbocycles. The Balaban J connectivity index is 1.60. The molecule has 0 aliphatic heterocycles. The van der Waals surface area contributed by atoms with Crippen molar-refractivity contribution < 1.29 is 0 Å². The molecular formula is C17H17N3. The molecule has 0 aliphatic rings. The van der Waals surface area contributed by atoms with Crippen LogP contribution >= 0.6 is 0 Å². The fraction of sp³-hybridized carbons (Fsp3) is 0.176. The Hall–Kier alpha value is -2.26. The zero-order chi connectivity index (χ0) is 13.6. The molecule has 20 heavy (non-hydrogen) atoms. The number of aromatic nitrogens is 2. The second kappa shape index (κ2) is 6.26. The van der Waals surface area contributed by atoms with Crippen molar-refractivity contribution in [2.45, 2.75) is 13.0 Å². The molecule has 0 atom stereocenters. The van der Waals surface area contributed by atoms with E-state index in [1.165, 1.54) is 21.9 Å². The van der Waals surface area contributed by atoms with Crippen molar-refractivity contribution >= 4 is 10.8 Å². The molecule has 2 heterocycles. The highest BCUT2D eigenvalue weighted by molar-refractivity contribution is 5.84. The first-order valence-corrected chi connectivity index (χ1v) is 6.85. The fourth-order valence-corrected chi connectivity index (χ4v) is 2.33. The minimum absolute atomic E-state index is 0.847. The van der Waals surface area contributed by atoms with Gasteiger partial charge >= 0.3 is 0 Å². The van der Waals surface area contributed by atoms with E-state index in [1.807, 2.05) is 30.9 Å². The number of fused-ring (bicyclic) bond motifs is 1. The molecule has 0 spiro atoms. The normalized spacial score (nSPS) is 10.8. The molecule has 0 amide bonds. The van der Waals surface area contributed by atoms with E-state index in [4.69, 9.17) is 0 Å². The van der Waals surface area contributed by atoms with Crippen LogP contribution in [0.2, 0.25) is 0 Å². The molecule has 0 saturated carbocycles. The van der Waals surface area contributed by atoms with E-state index in [0.717, 1.165) is 19.5 Å². The van der Waals surface area contributed by atoms with Crippen LogP contribution in [0, 0.1) is 0 Å². The van der Waals surface area contributed by atoms with E-state index in [9.17, 15) is 0 Å². The van der Waals surface area contributed by atoms with Crippen LogP contribution in [0.5, 0.6) is 0 Å². The lowest BCUT2D eigenvalue weighted by Gasteiger charge is -2.07. The summed E-state index contributed by atoms with van der Waals surface area (Å²) in [5.41, 5.74) is 2.56. The van der Waals surface area contributed by atoms with E-state index >= 15 is 0 Å². The lowest BCUT2D eigenvalue weighted by atomic mass is 10.1. The number of rotatable bonds is 5. The average molecular weight is 263 g/mol. The third-order valence-electron chi connectivity index (χ3n) is 3.41. The SMILES string of the molecule is c1ccc2c(CNCCc3ccncc3)cncc2c1. The van der Waals surface area contributed by atoms with Crippen molar-refractivity contribution in [2.75, 3.05) is 6.54 Å². The van der Waals surface area contributed by atoms with Gasteiger partial charge in [-0.15, -0.1) is 0 Å². The second-order valence-electron chi connectivity index (χ2n) is 4.80. The van der Waals surface area contributed by atoms with Gasteiger partial charge in [0, 0.05) is 36.7 Å². The Bertz CT molecular complexity index is 675. The van der Waals surface area contributed by atoms with E-state index in [2.05, 4.69) is 45.6 Å². The lowest BCUT2D eigenvalue weighted by molar-refractivity contribution is 0.688. The summed E-state index contributed by atoms with van der Waals surface area (Å²) in [6.45, 7) is 1.80. The summed E-state index contributed by atoms with van der Waals surface area (Å²) in [6, 6.07) is 12.5. The molecule has 3 aromatic rings. The zero-order valence-electron chi connectivity index (χ0n) is 11.3. The third-order valence-corrected chi connectivity index (χ3v) is 3.41. The van der Waals surface area contributed by atoms with Crippen molar-refractivity contribution in [3.8, 4) is 0 Å². The van der Waals surface area contributed by atoms with Crippen molar-refractivity contribution in [1.82, 2.24) is 15.3 Å². The number of benzene rings is 1. The van der Waals surface area contributed by atoms with Gasteiger partial charge in [0.15, 0.2) is 0 Å². The third kappa shape index (κ3) is 3.00. The highest BCUT2D eigenvalue weighted by Gasteiger charge is 2.00. The van der Waals surface area contributed by atoms with Gasteiger partial charge in [0.2, 0.25) is 0 Å². The average Bonchev–Trinajstić information content (AvgIpc) is 2.53. The number of nitrogens with one attached hydrogen (secondary N) is 1. The van der Waals surface area contributed by atoms with Gasteiger partial charge in [0.1, 0.15) is 0 Å². The van der Waals surface area contributed by atoms with Gasteiger partial charge in [0.05, 0.1) is 0 Å². The molecule has 0 radical (unpaired) electrons. The zero-order valence-corrected chi connectivity index (χ0v) is 11.3. The van der Waals surface area contributed by atoms with Crippen LogP contribution in [0.4, 0.5) is 0 Å². The van der Waals surface area contributed by atoms with Gasteiger partial charge in [-0.05, 0) is 41.6 Å². The molecule has 0 saturated heterocycles. The quantitative estimate of drug-likeness (QED) is 0.719. The summed E-state index contributed by atoms with van der Waals surface area (Å²) >= 11 is 0. The van der Waals surface area contributed by atoms with E-state index < -0.39 is 0 Å². The number of pyridine rings is 2. The van der Waals surface area contributed by atoms with Gasteiger partial charge in [-0.2, -0.15) is 0 Å². The molecule has 3 rings (SSSR count). The largest absolute Gasteiger partial charge is 0.312 e. The maximum Gasteiger partial charge on any atom is 0.0346 e. The monoisotopic (exact) mass is 263 g/mol. The topological polar surface area (TPSA) is 37.8 Å². The number of hydrogen-bond donors (Lipinski definition) is 1. The molecule has 100 valence electrons.